The third-order valence-electron chi connectivity index (χ3n) is 5.38. The predicted molar refractivity (Wildman–Crippen MR) is 111 cm³/mol. The molecule has 0 aliphatic carbocycles. The Bertz CT molecular complexity index is 1180. The summed E-state index contributed by atoms with van der Waals surface area (Å²) in [6.07, 6.45) is 4.94. The van der Waals surface area contributed by atoms with Gasteiger partial charge in [0.05, 0.1) is 17.7 Å². The highest BCUT2D eigenvalue weighted by molar-refractivity contribution is 5.94. The average Bonchev–Trinajstić information content (AvgIpc) is 3.12. The average molecular weight is 396 g/mol. The Labute approximate surface area is 167 Å². The molecule has 0 atom stereocenters. The van der Waals surface area contributed by atoms with Crippen LogP contribution in [0.15, 0.2) is 40.2 Å². The second kappa shape index (κ2) is 7.57. The van der Waals surface area contributed by atoms with Crippen LogP contribution in [-0.2, 0) is 25.4 Å². The molecule has 1 fully saturated rings. The number of aryl methyl sites for hydroxylation is 2. The molecule has 0 saturated carbocycles. The molecule has 0 radical (unpaired) electrons. The number of hydrogen-bond acceptors (Lipinski definition) is 5. The molecule has 29 heavy (non-hydrogen) atoms. The number of benzene rings is 1. The molecule has 1 saturated heterocycles. The van der Waals surface area contributed by atoms with Crippen LogP contribution in [-0.4, -0.2) is 37.7 Å². The van der Waals surface area contributed by atoms with Crippen LogP contribution in [0.4, 0.5) is 11.4 Å². The maximum atomic E-state index is 12.8. The Morgan fingerprint density at radius 1 is 1.10 bits per heavy atom. The maximum absolute atomic E-state index is 12.8. The molecule has 152 valence electrons. The lowest BCUT2D eigenvalue weighted by molar-refractivity contribution is -0.116. The van der Waals surface area contributed by atoms with Gasteiger partial charge in [0.15, 0.2) is 11.2 Å². The van der Waals surface area contributed by atoms with Gasteiger partial charge in [0.2, 0.25) is 5.91 Å². The third-order valence-corrected chi connectivity index (χ3v) is 5.38. The summed E-state index contributed by atoms with van der Waals surface area (Å²) in [5.74, 6) is -0.421. The molecule has 1 amide bonds. The Morgan fingerprint density at radius 3 is 2.59 bits per heavy atom. The molecule has 3 aromatic rings. The van der Waals surface area contributed by atoms with Crippen LogP contribution in [0.5, 0.6) is 0 Å². The summed E-state index contributed by atoms with van der Waals surface area (Å²) in [4.78, 5) is 44.5. The van der Waals surface area contributed by atoms with Crippen LogP contribution in [0.2, 0.25) is 0 Å². The van der Waals surface area contributed by atoms with Crippen molar-refractivity contribution in [1.29, 1.82) is 0 Å². The number of imidazole rings is 1. The Kier molecular flexibility index (Phi) is 4.96. The summed E-state index contributed by atoms with van der Waals surface area (Å²) in [7, 11) is 3.22. The fraction of sp³-hybridized carbons (Fsp3) is 0.400. The topological polar surface area (TPSA) is 94.2 Å². The number of hydrogen-bond donors (Lipinski definition) is 1. The van der Waals surface area contributed by atoms with Crippen molar-refractivity contribution in [1.82, 2.24) is 18.7 Å². The van der Waals surface area contributed by atoms with Gasteiger partial charge in [0.25, 0.3) is 5.56 Å². The highest BCUT2D eigenvalue weighted by Crippen LogP contribution is 2.28. The van der Waals surface area contributed by atoms with Gasteiger partial charge in [-0.15, -0.1) is 0 Å². The minimum absolute atomic E-state index is 0.286. The van der Waals surface area contributed by atoms with Gasteiger partial charge in [0, 0.05) is 27.2 Å². The van der Waals surface area contributed by atoms with E-state index in [1.54, 1.807) is 11.6 Å². The summed E-state index contributed by atoms with van der Waals surface area (Å²) in [5, 5.41) is 2.88. The van der Waals surface area contributed by atoms with Gasteiger partial charge in [-0.1, -0.05) is 12.1 Å². The summed E-state index contributed by atoms with van der Waals surface area (Å²) < 4.78 is 3.78. The fourth-order valence-corrected chi connectivity index (χ4v) is 3.86. The van der Waals surface area contributed by atoms with Crippen molar-refractivity contribution in [3.63, 3.8) is 0 Å². The predicted octanol–water partition coefficient (Wildman–Crippen LogP) is 1.06. The number of para-hydroxylation sites is 2. The quantitative estimate of drug-likeness (QED) is 0.712. The third kappa shape index (κ3) is 3.43. The maximum Gasteiger partial charge on any atom is 0.332 e. The first-order valence-electron chi connectivity index (χ1n) is 9.72. The Balaban J connectivity index is 1.63. The second-order valence-electron chi connectivity index (χ2n) is 7.37. The zero-order chi connectivity index (χ0) is 20.5. The molecule has 1 aliphatic heterocycles. The number of nitrogens with zero attached hydrogens (tertiary/aromatic N) is 5. The number of piperidine rings is 1. The molecule has 0 spiro atoms. The van der Waals surface area contributed by atoms with Gasteiger partial charge in [-0.2, -0.15) is 0 Å². The van der Waals surface area contributed by atoms with E-state index in [9.17, 15) is 14.4 Å². The molecule has 3 heterocycles. The van der Waals surface area contributed by atoms with Crippen molar-refractivity contribution in [3.8, 4) is 0 Å². The smallest absolute Gasteiger partial charge is 0.332 e. The number of carbonyl (C=O) groups excluding carboxylic acids is 1. The molecule has 9 heteroatoms. The molecule has 0 bridgehead atoms. The van der Waals surface area contributed by atoms with Crippen molar-refractivity contribution in [2.24, 2.45) is 14.1 Å². The van der Waals surface area contributed by atoms with Gasteiger partial charge in [-0.25, -0.2) is 14.3 Å². The highest BCUT2D eigenvalue weighted by Gasteiger charge is 2.19. The fourth-order valence-electron chi connectivity index (χ4n) is 3.86. The van der Waals surface area contributed by atoms with E-state index in [-0.39, 0.29) is 12.1 Å². The minimum Gasteiger partial charge on any atom is -0.370 e. The molecular formula is C20H24N6O3. The van der Waals surface area contributed by atoms with E-state index in [4.69, 9.17) is 0 Å². The van der Waals surface area contributed by atoms with Crippen molar-refractivity contribution in [2.75, 3.05) is 23.3 Å². The van der Waals surface area contributed by atoms with Gasteiger partial charge < -0.3 is 14.8 Å². The SMILES string of the molecule is Cn1cnc2c1c(=O)n(CC(=O)Nc1ccccc1N1CCCCC1)c(=O)n2C. The normalized spacial score (nSPS) is 14.3. The summed E-state index contributed by atoms with van der Waals surface area (Å²) in [5.41, 5.74) is 1.14. The number of rotatable bonds is 4. The summed E-state index contributed by atoms with van der Waals surface area (Å²) >= 11 is 0. The number of aromatic nitrogens is 4. The van der Waals surface area contributed by atoms with E-state index in [0.717, 1.165) is 36.2 Å². The Hall–Kier alpha value is -3.36. The number of amides is 1. The van der Waals surface area contributed by atoms with Crippen LogP contribution in [0.1, 0.15) is 19.3 Å². The molecule has 9 nitrogen and oxygen atoms in total. The van der Waals surface area contributed by atoms with Gasteiger partial charge in [0.1, 0.15) is 6.54 Å². The molecule has 4 rings (SSSR count). The monoisotopic (exact) mass is 396 g/mol. The summed E-state index contributed by atoms with van der Waals surface area (Å²) in [6.45, 7) is 1.54. The molecule has 0 unspecified atom stereocenters. The van der Waals surface area contributed by atoms with E-state index < -0.39 is 17.2 Å². The first kappa shape index (κ1) is 19.0. The molecule has 2 aromatic heterocycles. The number of anilines is 2. The van der Waals surface area contributed by atoms with Gasteiger partial charge in [-0.3, -0.25) is 14.2 Å². The van der Waals surface area contributed by atoms with Crippen molar-refractivity contribution < 1.29 is 4.79 Å². The van der Waals surface area contributed by atoms with E-state index in [1.165, 1.54) is 24.4 Å². The van der Waals surface area contributed by atoms with Crippen molar-refractivity contribution in [2.45, 2.75) is 25.8 Å². The lowest BCUT2D eigenvalue weighted by Gasteiger charge is -2.30. The first-order chi connectivity index (χ1) is 14.0. The van der Waals surface area contributed by atoms with E-state index in [0.29, 0.717) is 11.3 Å². The highest BCUT2D eigenvalue weighted by atomic mass is 16.2. The number of fused-ring (bicyclic) bond motifs is 1. The largest absolute Gasteiger partial charge is 0.370 e. The summed E-state index contributed by atoms with van der Waals surface area (Å²) in [6, 6.07) is 7.62. The number of nitrogens with one attached hydrogen (secondary N) is 1. The van der Waals surface area contributed by atoms with Crippen molar-refractivity contribution in [3.05, 3.63) is 51.4 Å². The van der Waals surface area contributed by atoms with Crippen LogP contribution < -0.4 is 21.5 Å². The minimum atomic E-state index is -0.569. The van der Waals surface area contributed by atoms with Crippen LogP contribution >= 0.6 is 0 Å². The van der Waals surface area contributed by atoms with Crippen LogP contribution in [0.25, 0.3) is 11.2 Å². The van der Waals surface area contributed by atoms with Crippen molar-refractivity contribution >= 4 is 28.4 Å². The zero-order valence-electron chi connectivity index (χ0n) is 16.6. The lowest BCUT2D eigenvalue weighted by Crippen LogP contribution is -2.42. The van der Waals surface area contributed by atoms with E-state index in [2.05, 4.69) is 15.2 Å². The second-order valence-corrected chi connectivity index (χ2v) is 7.37. The van der Waals surface area contributed by atoms with Crippen LogP contribution in [0, 0.1) is 0 Å². The molecule has 1 aliphatic rings. The van der Waals surface area contributed by atoms with Gasteiger partial charge in [-0.05, 0) is 31.4 Å². The Morgan fingerprint density at radius 2 is 1.83 bits per heavy atom. The van der Waals surface area contributed by atoms with E-state index >= 15 is 0 Å². The first-order valence-corrected chi connectivity index (χ1v) is 9.72. The van der Waals surface area contributed by atoms with E-state index in [1.807, 2.05) is 24.3 Å². The molecule has 1 aromatic carbocycles. The van der Waals surface area contributed by atoms with Gasteiger partial charge >= 0.3 is 5.69 Å². The van der Waals surface area contributed by atoms with Crippen LogP contribution in [0.3, 0.4) is 0 Å². The molecular weight excluding hydrogens is 372 g/mol. The standard InChI is InChI=1S/C20H24N6O3/c1-23-13-21-18-17(23)19(28)26(20(29)24(18)2)12-16(27)22-14-8-4-5-9-15(14)25-10-6-3-7-11-25/h4-5,8-9,13H,3,6-7,10-12H2,1-2H3,(H,22,27). The molecule has 1 N–H and O–H groups in total. The lowest BCUT2D eigenvalue weighted by atomic mass is 10.1. The zero-order valence-corrected chi connectivity index (χ0v) is 16.6. The number of carbonyl (C=O) groups is 1.